The van der Waals surface area contributed by atoms with Crippen molar-refractivity contribution < 1.29 is 12.8 Å². The van der Waals surface area contributed by atoms with Gasteiger partial charge in [-0.1, -0.05) is 0 Å². The van der Waals surface area contributed by atoms with Crippen LogP contribution in [0.3, 0.4) is 0 Å². The van der Waals surface area contributed by atoms with Crippen LogP contribution in [0.25, 0.3) is 0 Å². The van der Waals surface area contributed by atoms with E-state index < -0.39 is 15.8 Å². The molecule has 0 aliphatic carbocycles. The minimum Gasteiger partial charge on any atom is -0.313 e. The summed E-state index contributed by atoms with van der Waals surface area (Å²) in [7, 11) is -3.61. The van der Waals surface area contributed by atoms with Crippen LogP contribution in [-0.4, -0.2) is 37.9 Å². The maximum absolute atomic E-state index is 13.2. The summed E-state index contributed by atoms with van der Waals surface area (Å²) in [6.45, 7) is 6.75. The highest BCUT2D eigenvalue weighted by molar-refractivity contribution is 7.89. The lowest BCUT2D eigenvalue weighted by Crippen LogP contribution is -2.44. The van der Waals surface area contributed by atoms with Gasteiger partial charge in [-0.25, -0.2) is 12.8 Å². The predicted molar refractivity (Wildman–Crippen MR) is 81.2 cm³/mol. The van der Waals surface area contributed by atoms with E-state index in [1.54, 1.807) is 6.92 Å². The van der Waals surface area contributed by atoms with Crippen molar-refractivity contribution in [3.8, 4) is 0 Å². The van der Waals surface area contributed by atoms with Crippen LogP contribution < -0.4 is 5.32 Å². The molecule has 21 heavy (non-hydrogen) atoms. The van der Waals surface area contributed by atoms with Gasteiger partial charge >= 0.3 is 0 Å². The monoisotopic (exact) mass is 314 g/mol. The molecule has 1 aromatic rings. The van der Waals surface area contributed by atoms with Crippen LogP contribution in [0.4, 0.5) is 4.39 Å². The summed E-state index contributed by atoms with van der Waals surface area (Å²) in [5.74, 6) is -0.417. The second-order valence-electron chi connectivity index (χ2n) is 5.87. The molecular weight excluding hydrogens is 291 g/mol. The molecule has 1 heterocycles. The van der Waals surface area contributed by atoms with Crippen LogP contribution in [-0.2, 0) is 10.0 Å². The van der Waals surface area contributed by atoms with Crippen LogP contribution in [0.5, 0.6) is 0 Å². The van der Waals surface area contributed by atoms with Gasteiger partial charge in [0.1, 0.15) is 5.82 Å². The number of hydrogen-bond donors (Lipinski definition) is 1. The van der Waals surface area contributed by atoms with E-state index in [2.05, 4.69) is 5.32 Å². The zero-order valence-electron chi connectivity index (χ0n) is 12.8. The molecule has 0 saturated carbocycles. The molecule has 4 nitrogen and oxygen atoms in total. The summed E-state index contributed by atoms with van der Waals surface area (Å²) in [6.07, 6.45) is 2.06. The van der Waals surface area contributed by atoms with Crippen LogP contribution in [0, 0.1) is 12.7 Å². The molecule has 1 atom stereocenters. The number of halogens is 1. The van der Waals surface area contributed by atoms with E-state index in [1.807, 2.05) is 13.8 Å². The molecule has 0 amide bonds. The van der Waals surface area contributed by atoms with Crippen molar-refractivity contribution in [2.75, 3.05) is 13.1 Å². The Labute approximate surface area is 126 Å². The Hall–Kier alpha value is -0.980. The average Bonchev–Trinajstić information content (AvgIpc) is 2.87. The van der Waals surface area contributed by atoms with Crippen molar-refractivity contribution in [1.82, 2.24) is 9.62 Å². The Balaban J connectivity index is 2.32. The Morgan fingerprint density at radius 2 is 2.14 bits per heavy atom. The smallest absolute Gasteiger partial charge is 0.243 e. The molecule has 1 unspecified atom stereocenters. The Morgan fingerprint density at radius 3 is 2.67 bits per heavy atom. The first-order chi connectivity index (χ1) is 9.82. The summed E-state index contributed by atoms with van der Waals surface area (Å²) in [4.78, 5) is 0.190. The Bertz CT molecular complexity index is 596. The number of rotatable bonds is 5. The van der Waals surface area contributed by atoms with Crippen LogP contribution >= 0.6 is 0 Å². The number of sulfonamides is 1. The molecule has 0 radical (unpaired) electrons. The number of aryl methyl sites for hydroxylation is 1. The van der Waals surface area contributed by atoms with E-state index in [0.717, 1.165) is 19.4 Å². The third kappa shape index (κ3) is 3.62. The van der Waals surface area contributed by atoms with Gasteiger partial charge in [0.25, 0.3) is 0 Å². The fourth-order valence-electron chi connectivity index (χ4n) is 2.74. The zero-order chi connectivity index (χ0) is 15.6. The van der Waals surface area contributed by atoms with Gasteiger partial charge in [-0.3, -0.25) is 0 Å². The van der Waals surface area contributed by atoms with Crippen LogP contribution in [0.2, 0.25) is 0 Å². The maximum Gasteiger partial charge on any atom is 0.243 e. The third-order valence-electron chi connectivity index (χ3n) is 3.86. The Kier molecular flexibility index (Phi) is 5.01. The molecule has 0 spiro atoms. The second-order valence-corrected chi connectivity index (χ2v) is 7.73. The van der Waals surface area contributed by atoms with Crippen molar-refractivity contribution in [2.24, 2.45) is 0 Å². The highest BCUT2D eigenvalue weighted by Crippen LogP contribution is 2.23. The van der Waals surface area contributed by atoms with Crippen molar-refractivity contribution in [3.63, 3.8) is 0 Å². The van der Waals surface area contributed by atoms with Crippen LogP contribution in [0.15, 0.2) is 23.1 Å². The van der Waals surface area contributed by atoms with Crippen LogP contribution in [0.1, 0.15) is 32.3 Å². The van der Waals surface area contributed by atoms with Gasteiger partial charge in [0.05, 0.1) is 4.90 Å². The highest BCUT2D eigenvalue weighted by Gasteiger charge is 2.31. The molecule has 1 aliphatic heterocycles. The molecular formula is C15H23FN2O2S. The van der Waals surface area contributed by atoms with E-state index in [-0.39, 0.29) is 17.0 Å². The van der Waals surface area contributed by atoms with Gasteiger partial charge < -0.3 is 5.32 Å². The van der Waals surface area contributed by atoms with Gasteiger partial charge in [0.2, 0.25) is 10.0 Å². The number of benzene rings is 1. The minimum atomic E-state index is -3.61. The van der Waals surface area contributed by atoms with Gasteiger partial charge in [0.15, 0.2) is 0 Å². The van der Waals surface area contributed by atoms with Gasteiger partial charge in [-0.15, -0.1) is 0 Å². The lowest BCUT2D eigenvalue weighted by atomic mass is 10.2. The SMILES string of the molecule is Cc1cc(F)ccc1S(=O)(=O)N(CC1CCCN1)C(C)C. The molecule has 6 heteroatoms. The molecule has 1 aromatic carbocycles. The fourth-order valence-corrected chi connectivity index (χ4v) is 4.63. The zero-order valence-corrected chi connectivity index (χ0v) is 13.6. The minimum absolute atomic E-state index is 0.137. The highest BCUT2D eigenvalue weighted by atomic mass is 32.2. The molecule has 1 aliphatic rings. The topological polar surface area (TPSA) is 49.4 Å². The first-order valence-electron chi connectivity index (χ1n) is 7.33. The molecule has 2 rings (SSSR count). The van der Waals surface area contributed by atoms with Crippen molar-refractivity contribution in [1.29, 1.82) is 0 Å². The number of nitrogens with one attached hydrogen (secondary N) is 1. The molecule has 1 N–H and O–H groups in total. The lowest BCUT2D eigenvalue weighted by molar-refractivity contribution is 0.322. The predicted octanol–water partition coefficient (Wildman–Crippen LogP) is 2.29. The molecule has 1 saturated heterocycles. The van der Waals surface area contributed by atoms with Gasteiger partial charge in [-0.2, -0.15) is 4.31 Å². The molecule has 1 fully saturated rings. The van der Waals surface area contributed by atoms with Crippen molar-refractivity contribution in [3.05, 3.63) is 29.6 Å². The first-order valence-corrected chi connectivity index (χ1v) is 8.77. The first kappa shape index (κ1) is 16.4. The summed E-state index contributed by atoms with van der Waals surface area (Å²) in [5, 5.41) is 3.32. The van der Waals surface area contributed by atoms with Gasteiger partial charge in [-0.05, 0) is 63.9 Å². The normalized spacial score (nSPS) is 19.6. The summed E-state index contributed by atoms with van der Waals surface area (Å²) >= 11 is 0. The average molecular weight is 314 g/mol. The molecule has 0 aromatic heterocycles. The largest absolute Gasteiger partial charge is 0.313 e. The maximum atomic E-state index is 13.2. The standard InChI is InChI=1S/C15H23FN2O2S/c1-11(2)18(10-14-5-4-8-17-14)21(19,20)15-7-6-13(16)9-12(15)3/h6-7,9,11,14,17H,4-5,8,10H2,1-3H3. The summed E-state index contributed by atoms with van der Waals surface area (Å²) in [5.41, 5.74) is 0.444. The third-order valence-corrected chi connectivity index (χ3v) is 6.06. The van der Waals surface area contributed by atoms with E-state index >= 15 is 0 Å². The second kappa shape index (κ2) is 6.42. The number of hydrogen-bond acceptors (Lipinski definition) is 3. The van der Waals surface area contributed by atoms with Gasteiger partial charge in [0, 0.05) is 18.6 Å². The molecule has 118 valence electrons. The Morgan fingerprint density at radius 1 is 1.43 bits per heavy atom. The fraction of sp³-hybridized carbons (Fsp3) is 0.600. The summed E-state index contributed by atoms with van der Waals surface area (Å²) in [6, 6.07) is 3.88. The van der Waals surface area contributed by atoms with Crippen molar-refractivity contribution in [2.45, 2.75) is 50.6 Å². The summed E-state index contributed by atoms with van der Waals surface area (Å²) < 4.78 is 40.5. The van der Waals surface area contributed by atoms with Crippen molar-refractivity contribution >= 4 is 10.0 Å². The lowest BCUT2D eigenvalue weighted by Gasteiger charge is -2.29. The molecule has 0 bridgehead atoms. The van der Waals surface area contributed by atoms with E-state index in [1.165, 1.54) is 22.5 Å². The quantitative estimate of drug-likeness (QED) is 0.907. The van der Waals surface area contributed by atoms with E-state index in [0.29, 0.717) is 12.1 Å². The number of nitrogens with zero attached hydrogens (tertiary/aromatic N) is 1. The van der Waals surface area contributed by atoms with E-state index in [4.69, 9.17) is 0 Å². The van der Waals surface area contributed by atoms with E-state index in [9.17, 15) is 12.8 Å².